The molecule has 28 heavy (non-hydrogen) atoms. The zero-order valence-electron chi connectivity index (χ0n) is 15.5. The second-order valence-corrected chi connectivity index (χ2v) is 6.79. The van der Waals surface area contributed by atoms with Gasteiger partial charge in [0.1, 0.15) is 0 Å². The van der Waals surface area contributed by atoms with Crippen LogP contribution in [0, 0.1) is 0 Å². The van der Waals surface area contributed by atoms with E-state index in [0.29, 0.717) is 18.7 Å². The van der Waals surface area contributed by atoms with E-state index in [0.717, 1.165) is 34.1 Å². The van der Waals surface area contributed by atoms with E-state index in [1.54, 1.807) is 6.21 Å². The first-order chi connectivity index (χ1) is 13.7. The van der Waals surface area contributed by atoms with E-state index in [1.807, 2.05) is 60.7 Å². The summed E-state index contributed by atoms with van der Waals surface area (Å²) in [6, 6.07) is 17.5. The lowest BCUT2D eigenvalue weighted by Gasteiger charge is -2.15. The van der Waals surface area contributed by atoms with Gasteiger partial charge in [0.15, 0.2) is 0 Å². The van der Waals surface area contributed by atoms with Gasteiger partial charge in [-0.2, -0.15) is 0 Å². The van der Waals surface area contributed by atoms with Gasteiger partial charge in [0.25, 0.3) is 5.91 Å². The molecular weight excluding hydrogens is 348 g/mol. The number of nitrogens with zero attached hydrogens (tertiary/aromatic N) is 2. The number of hydrogen-bond donors (Lipinski definition) is 2. The first kappa shape index (κ1) is 18.1. The van der Waals surface area contributed by atoms with Crippen LogP contribution in [-0.2, 0) is 13.1 Å². The van der Waals surface area contributed by atoms with Crippen molar-refractivity contribution in [2.45, 2.75) is 25.6 Å². The van der Waals surface area contributed by atoms with Crippen LogP contribution in [0.1, 0.15) is 39.6 Å². The van der Waals surface area contributed by atoms with Crippen molar-refractivity contribution in [1.82, 2.24) is 10.3 Å². The van der Waals surface area contributed by atoms with Gasteiger partial charge in [0.2, 0.25) is 0 Å². The van der Waals surface area contributed by atoms with Crippen LogP contribution >= 0.6 is 0 Å². The van der Waals surface area contributed by atoms with Gasteiger partial charge in [-0.05, 0) is 35.8 Å². The van der Waals surface area contributed by atoms with Crippen molar-refractivity contribution in [1.29, 1.82) is 0 Å². The standard InChI is InChI=1S/C23H22N4O/c24-14-16-8-10-17(11-9-16)15-26-23(28)19-13-22(21-7-3-4-12-25-21)27-20-6-2-1-5-18(19)20/h1-6,8-13,21H,7,14-15,24H2,(H,26,28). The fraction of sp³-hybridized carbons (Fsp3) is 0.174. The summed E-state index contributed by atoms with van der Waals surface area (Å²) in [6.07, 6.45) is 6.58. The van der Waals surface area contributed by atoms with Crippen LogP contribution in [0.4, 0.5) is 0 Å². The van der Waals surface area contributed by atoms with E-state index in [4.69, 9.17) is 10.7 Å². The Balaban J connectivity index is 1.61. The van der Waals surface area contributed by atoms with E-state index >= 15 is 0 Å². The largest absolute Gasteiger partial charge is 0.348 e. The molecule has 0 saturated carbocycles. The average molecular weight is 370 g/mol. The maximum absolute atomic E-state index is 13.0. The number of aliphatic imine (C=N–C) groups is 1. The molecule has 1 amide bonds. The molecule has 1 aliphatic rings. The summed E-state index contributed by atoms with van der Waals surface area (Å²) < 4.78 is 0. The minimum absolute atomic E-state index is 0.0510. The van der Waals surface area contributed by atoms with Gasteiger partial charge in [-0.25, -0.2) is 0 Å². The second-order valence-electron chi connectivity index (χ2n) is 6.79. The molecule has 0 bridgehead atoms. The van der Waals surface area contributed by atoms with E-state index < -0.39 is 0 Å². The Morgan fingerprint density at radius 3 is 2.64 bits per heavy atom. The summed E-state index contributed by atoms with van der Waals surface area (Å²) in [4.78, 5) is 22.2. The van der Waals surface area contributed by atoms with Gasteiger partial charge in [-0.1, -0.05) is 48.5 Å². The molecular formula is C23H22N4O. The van der Waals surface area contributed by atoms with E-state index in [2.05, 4.69) is 16.4 Å². The Kier molecular flexibility index (Phi) is 5.26. The third-order valence-corrected chi connectivity index (χ3v) is 4.88. The number of hydrogen-bond acceptors (Lipinski definition) is 4. The van der Waals surface area contributed by atoms with Gasteiger partial charge in [0, 0.05) is 24.7 Å². The molecule has 3 aromatic rings. The van der Waals surface area contributed by atoms with Crippen molar-refractivity contribution in [3.05, 3.63) is 89.1 Å². The molecule has 0 fully saturated rings. The minimum Gasteiger partial charge on any atom is -0.348 e. The van der Waals surface area contributed by atoms with Crippen molar-refractivity contribution in [2.75, 3.05) is 0 Å². The summed E-state index contributed by atoms with van der Waals surface area (Å²) in [7, 11) is 0. The molecule has 2 heterocycles. The number of benzene rings is 2. The minimum atomic E-state index is -0.113. The van der Waals surface area contributed by atoms with E-state index in [1.165, 1.54) is 0 Å². The molecule has 0 saturated heterocycles. The molecule has 4 rings (SSSR count). The van der Waals surface area contributed by atoms with Gasteiger partial charge in [0.05, 0.1) is 22.8 Å². The van der Waals surface area contributed by atoms with Crippen molar-refractivity contribution < 1.29 is 4.79 Å². The van der Waals surface area contributed by atoms with Crippen molar-refractivity contribution in [2.24, 2.45) is 10.7 Å². The Bertz CT molecular complexity index is 1050. The Labute approximate surface area is 164 Å². The fourth-order valence-corrected chi connectivity index (χ4v) is 3.31. The predicted octanol–water partition coefficient (Wildman–Crippen LogP) is 3.70. The lowest BCUT2D eigenvalue weighted by Crippen LogP contribution is -2.23. The zero-order chi connectivity index (χ0) is 19.3. The number of rotatable bonds is 5. The number of para-hydroxylation sites is 1. The van der Waals surface area contributed by atoms with E-state index in [-0.39, 0.29) is 11.9 Å². The summed E-state index contributed by atoms with van der Waals surface area (Å²) >= 11 is 0. The predicted molar refractivity (Wildman–Crippen MR) is 112 cm³/mol. The molecule has 2 aromatic carbocycles. The Morgan fingerprint density at radius 2 is 1.89 bits per heavy atom. The first-order valence-corrected chi connectivity index (χ1v) is 9.38. The number of nitrogens with one attached hydrogen (secondary N) is 1. The lowest BCUT2D eigenvalue weighted by molar-refractivity contribution is 0.0952. The van der Waals surface area contributed by atoms with Gasteiger partial charge in [-0.15, -0.1) is 0 Å². The molecule has 3 N–H and O–H groups in total. The van der Waals surface area contributed by atoms with Crippen molar-refractivity contribution >= 4 is 23.0 Å². The number of fused-ring (bicyclic) bond motifs is 1. The van der Waals surface area contributed by atoms with Crippen molar-refractivity contribution in [3.8, 4) is 0 Å². The van der Waals surface area contributed by atoms with Crippen LogP contribution in [0.25, 0.3) is 10.9 Å². The Morgan fingerprint density at radius 1 is 1.11 bits per heavy atom. The maximum atomic E-state index is 13.0. The molecule has 5 heteroatoms. The molecule has 1 unspecified atom stereocenters. The van der Waals surface area contributed by atoms with Gasteiger partial charge >= 0.3 is 0 Å². The molecule has 5 nitrogen and oxygen atoms in total. The number of aromatic nitrogens is 1. The first-order valence-electron chi connectivity index (χ1n) is 9.38. The average Bonchev–Trinajstić information content (AvgIpc) is 2.77. The number of amides is 1. The highest BCUT2D eigenvalue weighted by Crippen LogP contribution is 2.27. The molecule has 0 spiro atoms. The molecule has 1 aliphatic heterocycles. The Hall–Kier alpha value is -3.31. The van der Waals surface area contributed by atoms with Crippen LogP contribution in [0.2, 0.25) is 0 Å². The quantitative estimate of drug-likeness (QED) is 0.719. The van der Waals surface area contributed by atoms with Crippen LogP contribution in [0.3, 0.4) is 0 Å². The summed E-state index contributed by atoms with van der Waals surface area (Å²) in [5, 5.41) is 3.87. The highest BCUT2D eigenvalue weighted by atomic mass is 16.1. The number of allylic oxidation sites excluding steroid dienone is 1. The van der Waals surface area contributed by atoms with E-state index in [9.17, 15) is 4.79 Å². The monoisotopic (exact) mass is 370 g/mol. The fourth-order valence-electron chi connectivity index (χ4n) is 3.31. The number of nitrogens with two attached hydrogens (primary N) is 1. The normalized spacial score (nSPS) is 15.7. The summed E-state index contributed by atoms with van der Waals surface area (Å²) in [5.41, 5.74) is 9.99. The molecule has 0 aliphatic carbocycles. The smallest absolute Gasteiger partial charge is 0.252 e. The topological polar surface area (TPSA) is 80.4 Å². The summed E-state index contributed by atoms with van der Waals surface area (Å²) in [6.45, 7) is 0.969. The van der Waals surface area contributed by atoms with Crippen LogP contribution in [0.5, 0.6) is 0 Å². The molecule has 1 atom stereocenters. The number of carbonyl (C=O) groups is 1. The van der Waals surface area contributed by atoms with Crippen molar-refractivity contribution in [3.63, 3.8) is 0 Å². The second kappa shape index (κ2) is 8.15. The van der Waals surface area contributed by atoms with Gasteiger partial charge < -0.3 is 11.1 Å². The summed E-state index contributed by atoms with van der Waals surface area (Å²) in [5.74, 6) is -0.113. The third kappa shape index (κ3) is 3.85. The highest BCUT2D eigenvalue weighted by molar-refractivity contribution is 6.06. The van der Waals surface area contributed by atoms with Crippen LogP contribution < -0.4 is 11.1 Å². The van der Waals surface area contributed by atoms with Crippen LogP contribution in [-0.4, -0.2) is 17.1 Å². The number of pyridine rings is 1. The number of dihydropyridines is 1. The molecule has 1 aromatic heterocycles. The molecule has 0 radical (unpaired) electrons. The lowest BCUT2D eigenvalue weighted by atomic mass is 10.0. The number of carbonyl (C=O) groups excluding carboxylic acids is 1. The SMILES string of the molecule is NCc1ccc(CNC(=O)c2cc(C3CC=CC=N3)nc3ccccc23)cc1. The maximum Gasteiger partial charge on any atom is 0.252 e. The molecule has 140 valence electrons. The highest BCUT2D eigenvalue weighted by Gasteiger charge is 2.18. The van der Waals surface area contributed by atoms with Gasteiger partial charge in [-0.3, -0.25) is 14.8 Å². The van der Waals surface area contributed by atoms with Crippen LogP contribution in [0.15, 0.2) is 71.7 Å². The third-order valence-electron chi connectivity index (χ3n) is 4.88. The zero-order valence-corrected chi connectivity index (χ0v) is 15.5.